The van der Waals surface area contributed by atoms with Crippen LogP contribution in [0, 0.1) is 11.7 Å². The highest BCUT2D eigenvalue weighted by Crippen LogP contribution is 2.23. The van der Waals surface area contributed by atoms with Gasteiger partial charge in [0.25, 0.3) is 0 Å². The fourth-order valence-corrected chi connectivity index (χ4v) is 3.06. The average molecular weight is 280 g/mol. The van der Waals surface area contributed by atoms with Crippen molar-refractivity contribution in [2.45, 2.75) is 25.3 Å². The van der Waals surface area contributed by atoms with E-state index in [9.17, 15) is 4.39 Å². The molecule has 1 aliphatic rings. The van der Waals surface area contributed by atoms with Gasteiger partial charge in [0, 0.05) is 24.8 Å². The Morgan fingerprint density at radius 1 is 1.45 bits per heavy atom. The van der Waals surface area contributed by atoms with Crippen LogP contribution in [0.1, 0.15) is 30.9 Å². The third kappa shape index (κ3) is 4.01. The number of halogens is 1. The van der Waals surface area contributed by atoms with Crippen LogP contribution in [-0.2, 0) is 0 Å². The van der Waals surface area contributed by atoms with Gasteiger partial charge in [-0.25, -0.2) is 4.39 Å². The van der Waals surface area contributed by atoms with Crippen LogP contribution in [0.25, 0.3) is 0 Å². The number of aliphatic hydroxyl groups excluding tert-OH is 1. The molecule has 1 saturated heterocycles. The number of aliphatic hydroxyl groups is 1. The van der Waals surface area contributed by atoms with E-state index in [1.807, 2.05) is 19.2 Å². The van der Waals surface area contributed by atoms with Crippen molar-refractivity contribution < 1.29 is 9.50 Å². The van der Waals surface area contributed by atoms with Crippen LogP contribution in [0.4, 0.5) is 4.39 Å². The van der Waals surface area contributed by atoms with Crippen molar-refractivity contribution in [3.05, 3.63) is 35.6 Å². The van der Waals surface area contributed by atoms with E-state index in [2.05, 4.69) is 10.2 Å². The van der Waals surface area contributed by atoms with Gasteiger partial charge in [0.15, 0.2) is 0 Å². The SMILES string of the molecule is CNC(CCN1CCC(CCO)C1)c1ccccc1F. The summed E-state index contributed by atoms with van der Waals surface area (Å²) < 4.78 is 13.8. The van der Waals surface area contributed by atoms with Gasteiger partial charge in [0.1, 0.15) is 5.82 Å². The largest absolute Gasteiger partial charge is 0.396 e. The molecule has 3 nitrogen and oxygen atoms in total. The van der Waals surface area contributed by atoms with Gasteiger partial charge in [-0.1, -0.05) is 18.2 Å². The van der Waals surface area contributed by atoms with Crippen LogP contribution in [-0.4, -0.2) is 43.3 Å². The first-order valence-electron chi connectivity index (χ1n) is 7.49. The first-order chi connectivity index (χ1) is 9.74. The summed E-state index contributed by atoms with van der Waals surface area (Å²) in [6.45, 7) is 3.42. The molecule has 0 aromatic heterocycles. The van der Waals surface area contributed by atoms with E-state index in [-0.39, 0.29) is 18.5 Å². The van der Waals surface area contributed by atoms with Crippen LogP contribution in [0.3, 0.4) is 0 Å². The minimum atomic E-state index is -0.133. The van der Waals surface area contributed by atoms with Gasteiger partial charge in [-0.3, -0.25) is 0 Å². The van der Waals surface area contributed by atoms with Crippen molar-refractivity contribution in [2.24, 2.45) is 5.92 Å². The van der Waals surface area contributed by atoms with E-state index in [0.29, 0.717) is 5.92 Å². The van der Waals surface area contributed by atoms with Crippen molar-refractivity contribution >= 4 is 0 Å². The molecule has 2 atom stereocenters. The van der Waals surface area contributed by atoms with E-state index >= 15 is 0 Å². The third-order valence-electron chi connectivity index (χ3n) is 4.27. The Morgan fingerprint density at radius 3 is 2.95 bits per heavy atom. The van der Waals surface area contributed by atoms with Crippen molar-refractivity contribution in [2.75, 3.05) is 33.3 Å². The van der Waals surface area contributed by atoms with Crippen LogP contribution in [0.2, 0.25) is 0 Å². The van der Waals surface area contributed by atoms with Crippen molar-refractivity contribution in [3.8, 4) is 0 Å². The number of hydrogen-bond acceptors (Lipinski definition) is 3. The lowest BCUT2D eigenvalue weighted by Crippen LogP contribution is -2.27. The summed E-state index contributed by atoms with van der Waals surface area (Å²) in [4.78, 5) is 2.42. The maximum absolute atomic E-state index is 13.8. The Labute approximate surface area is 120 Å². The lowest BCUT2D eigenvalue weighted by Gasteiger charge is -2.22. The average Bonchev–Trinajstić information content (AvgIpc) is 2.89. The van der Waals surface area contributed by atoms with Gasteiger partial charge in [-0.2, -0.15) is 0 Å². The third-order valence-corrected chi connectivity index (χ3v) is 4.27. The molecule has 1 aromatic rings. The molecule has 0 amide bonds. The monoisotopic (exact) mass is 280 g/mol. The highest BCUT2D eigenvalue weighted by atomic mass is 19.1. The Kier molecular flexibility index (Phi) is 5.95. The van der Waals surface area contributed by atoms with Gasteiger partial charge in [-0.05, 0) is 51.4 Å². The van der Waals surface area contributed by atoms with Gasteiger partial charge in [-0.15, -0.1) is 0 Å². The van der Waals surface area contributed by atoms with E-state index in [4.69, 9.17) is 5.11 Å². The zero-order valence-electron chi connectivity index (χ0n) is 12.2. The predicted octanol–water partition coefficient (Wildman–Crippen LogP) is 2.18. The summed E-state index contributed by atoms with van der Waals surface area (Å²) in [5.41, 5.74) is 0.751. The highest BCUT2D eigenvalue weighted by molar-refractivity contribution is 5.21. The molecular weight excluding hydrogens is 255 g/mol. The maximum atomic E-state index is 13.8. The predicted molar refractivity (Wildman–Crippen MR) is 79.1 cm³/mol. The van der Waals surface area contributed by atoms with E-state index in [1.54, 1.807) is 6.07 Å². The number of hydrogen-bond donors (Lipinski definition) is 2. The van der Waals surface area contributed by atoms with Crippen molar-refractivity contribution in [1.82, 2.24) is 10.2 Å². The summed E-state index contributed by atoms with van der Waals surface area (Å²) in [6, 6.07) is 7.05. The second kappa shape index (κ2) is 7.72. The fraction of sp³-hybridized carbons (Fsp3) is 0.625. The zero-order valence-corrected chi connectivity index (χ0v) is 12.2. The molecule has 112 valence electrons. The Morgan fingerprint density at radius 2 is 2.25 bits per heavy atom. The normalized spacial score (nSPS) is 21.2. The van der Waals surface area contributed by atoms with Gasteiger partial charge < -0.3 is 15.3 Å². The summed E-state index contributed by atoms with van der Waals surface area (Å²) in [6.07, 6.45) is 2.98. The van der Waals surface area contributed by atoms with Gasteiger partial charge in [0.2, 0.25) is 0 Å². The van der Waals surface area contributed by atoms with E-state index in [0.717, 1.165) is 38.0 Å². The molecule has 0 radical (unpaired) electrons. The topological polar surface area (TPSA) is 35.5 Å². The molecule has 0 saturated carbocycles. The fourth-order valence-electron chi connectivity index (χ4n) is 3.06. The maximum Gasteiger partial charge on any atom is 0.127 e. The lowest BCUT2D eigenvalue weighted by molar-refractivity contribution is 0.248. The van der Waals surface area contributed by atoms with Crippen LogP contribution in [0.5, 0.6) is 0 Å². The standard InChI is InChI=1S/C16H25FN2O/c1-18-16(14-4-2-3-5-15(14)17)7-10-19-9-6-13(12-19)8-11-20/h2-5,13,16,18,20H,6-12H2,1H3. The lowest BCUT2D eigenvalue weighted by atomic mass is 10.0. The molecule has 2 rings (SSSR count). The summed E-state index contributed by atoms with van der Waals surface area (Å²) in [7, 11) is 1.88. The molecule has 1 aromatic carbocycles. The molecule has 0 bridgehead atoms. The quantitative estimate of drug-likeness (QED) is 0.803. The number of likely N-dealkylation sites (tertiary alicyclic amines) is 1. The number of nitrogens with one attached hydrogen (secondary N) is 1. The first-order valence-corrected chi connectivity index (χ1v) is 7.49. The summed E-state index contributed by atoms with van der Waals surface area (Å²) >= 11 is 0. The zero-order chi connectivity index (χ0) is 14.4. The van der Waals surface area contributed by atoms with Crippen molar-refractivity contribution in [3.63, 3.8) is 0 Å². The molecule has 0 spiro atoms. The molecule has 4 heteroatoms. The highest BCUT2D eigenvalue weighted by Gasteiger charge is 2.23. The number of benzene rings is 1. The second-order valence-electron chi connectivity index (χ2n) is 5.62. The minimum Gasteiger partial charge on any atom is -0.396 e. The van der Waals surface area contributed by atoms with Crippen LogP contribution >= 0.6 is 0 Å². The summed E-state index contributed by atoms with van der Waals surface area (Å²) in [5, 5.41) is 12.2. The Balaban J connectivity index is 1.85. The number of rotatable bonds is 7. The van der Waals surface area contributed by atoms with Crippen LogP contribution in [0.15, 0.2) is 24.3 Å². The van der Waals surface area contributed by atoms with E-state index < -0.39 is 0 Å². The molecule has 0 aliphatic carbocycles. The minimum absolute atomic E-state index is 0.0630. The summed E-state index contributed by atoms with van der Waals surface area (Å²) in [5.74, 6) is 0.493. The van der Waals surface area contributed by atoms with Crippen LogP contribution < -0.4 is 5.32 Å². The molecular formula is C16H25FN2O. The molecule has 2 N–H and O–H groups in total. The first kappa shape index (κ1) is 15.4. The molecule has 20 heavy (non-hydrogen) atoms. The molecule has 1 aliphatic heterocycles. The Bertz CT molecular complexity index is 413. The molecule has 1 fully saturated rings. The molecule has 2 unspecified atom stereocenters. The van der Waals surface area contributed by atoms with Gasteiger partial charge in [0.05, 0.1) is 0 Å². The number of nitrogens with zero attached hydrogens (tertiary/aromatic N) is 1. The smallest absolute Gasteiger partial charge is 0.127 e. The second-order valence-corrected chi connectivity index (χ2v) is 5.62. The van der Waals surface area contributed by atoms with E-state index in [1.165, 1.54) is 12.5 Å². The Hall–Kier alpha value is -0.970. The molecule has 1 heterocycles. The van der Waals surface area contributed by atoms with Gasteiger partial charge >= 0.3 is 0 Å². The van der Waals surface area contributed by atoms with Crippen molar-refractivity contribution in [1.29, 1.82) is 0 Å².